The summed E-state index contributed by atoms with van der Waals surface area (Å²) in [6, 6.07) is 22.8. The van der Waals surface area contributed by atoms with Crippen molar-refractivity contribution in [3.05, 3.63) is 106 Å². The molecule has 0 unspecified atom stereocenters. The number of hydrogen-bond donors (Lipinski definition) is 1. The first-order valence-corrected chi connectivity index (χ1v) is 11.9. The van der Waals surface area contributed by atoms with Gasteiger partial charge in [-0.15, -0.1) is 0 Å². The fraction of sp³-hybridized carbons (Fsp3) is 0.0741. The van der Waals surface area contributed by atoms with E-state index >= 15 is 0 Å². The predicted octanol–water partition coefficient (Wildman–Crippen LogP) is 6.10. The zero-order valence-corrected chi connectivity index (χ0v) is 19.9. The predicted molar refractivity (Wildman–Crippen MR) is 141 cm³/mol. The molecule has 5 nitrogen and oxygen atoms in total. The van der Waals surface area contributed by atoms with Crippen LogP contribution >= 0.6 is 24.0 Å². The van der Waals surface area contributed by atoms with E-state index in [1.165, 1.54) is 39.9 Å². The molecule has 1 saturated heterocycles. The van der Waals surface area contributed by atoms with Gasteiger partial charge in [0, 0.05) is 29.2 Å². The maximum Gasteiger partial charge on any atom is 0.335 e. The molecule has 0 saturated carbocycles. The first-order chi connectivity index (χ1) is 16.4. The lowest BCUT2D eigenvalue weighted by Crippen LogP contribution is -2.27. The molecular formula is C27H20N2O3S2. The Morgan fingerprint density at radius 1 is 1.06 bits per heavy atom. The Kier molecular flexibility index (Phi) is 5.81. The summed E-state index contributed by atoms with van der Waals surface area (Å²) >= 11 is 6.70. The Hall–Kier alpha value is -3.68. The lowest BCUT2D eigenvalue weighted by atomic mass is 10.1. The number of benzene rings is 3. The summed E-state index contributed by atoms with van der Waals surface area (Å²) < 4.78 is 2.56. The molecule has 3 aromatic carbocycles. The van der Waals surface area contributed by atoms with Crippen LogP contribution in [0.1, 0.15) is 27.0 Å². The quantitative estimate of drug-likeness (QED) is 0.274. The summed E-state index contributed by atoms with van der Waals surface area (Å²) in [5.41, 5.74) is 4.99. The van der Waals surface area contributed by atoms with Gasteiger partial charge in [0.25, 0.3) is 5.91 Å². The summed E-state index contributed by atoms with van der Waals surface area (Å²) in [5.74, 6) is -1.31. The highest BCUT2D eigenvalue weighted by atomic mass is 32.2. The van der Waals surface area contributed by atoms with Crippen molar-refractivity contribution < 1.29 is 14.7 Å². The molecule has 1 fully saturated rings. The van der Waals surface area contributed by atoms with Crippen molar-refractivity contribution in [2.24, 2.45) is 0 Å². The molecule has 0 radical (unpaired) electrons. The summed E-state index contributed by atoms with van der Waals surface area (Å²) in [6.07, 6.45) is 3.93. The molecule has 1 aromatic heterocycles. The fourth-order valence-electron chi connectivity index (χ4n) is 4.02. The van der Waals surface area contributed by atoms with Crippen LogP contribution in [-0.2, 0) is 11.3 Å². The van der Waals surface area contributed by atoms with E-state index in [4.69, 9.17) is 12.2 Å². The van der Waals surface area contributed by atoms with Gasteiger partial charge in [0.15, 0.2) is 4.32 Å². The van der Waals surface area contributed by atoms with Gasteiger partial charge in [-0.2, -0.15) is 0 Å². The summed E-state index contributed by atoms with van der Waals surface area (Å²) in [4.78, 5) is 26.5. The number of fused-ring (bicyclic) bond motifs is 1. The summed E-state index contributed by atoms with van der Waals surface area (Å²) in [5, 5.41) is 10.3. The molecule has 4 aromatic rings. The summed E-state index contributed by atoms with van der Waals surface area (Å²) in [7, 11) is 0. The zero-order chi connectivity index (χ0) is 23.8. The van der Waals surface area contributed by atoms with Crippen molar-refractivity contribution >= 4 is 62.8 Å². The van der Waals surface area contributed by atoms with E-state index < -0.39 is 5.97 Å². The number of carbonyl (C=O) groups excluding carboxylic acids is 1. The number of rotatable bonds is 5. The third-order valence-corrected chi connectivity index (χ3v) is 7.03. The monoisotopic (exact) mass is 484 g/mol. The zero-order valence-electron chi connectivity index (χ0n) is 18.3. The van der Waals surface area contributed by atoms with Crippen LogP contribution in [0.3, 0.4) is 0 Å². The van der Waals surface area contributed by atoms with E-state index in [2.05, 4.69) is 48.0 Å². The number of aryl methyl sites for hydroxylation is 1. The molecule has 1 N–H and O–H groups in total. The Morgan fingerprint density at radius 2 is 1.82 bits per heavy atom. The molecule has 1 amide bonds. The number of amides is 1. The van der Waals surface area contributed by atoms with Gasteiger partial charge in [-0.3, -0.25) is 9.69 Å². The van der Waals surface area contributed by atoms with E-state index in [1.807, 2.05) is 24.3 Å². The number of carboxylic acid groups (broad SMARTS) is 1. The standard InChI is InChI=1S/C27H20N2O3S2/c1-17-9-11-18(12-10-17)15-28-16-20(22-7-2-3-8-23(22)28)14-24-25(30)29(27(33)34-24)21-6-4-5-19(13-21)26(31)32/h2-14,16H,15H2,1H3,(H,31,32)/b24-14+. The van der Waals surface area contributed by atoms with Crippen LogP contribution in [0.4, 0.5) is 5.69 Å². The largest absolute Gasteiger partial charge is 0.478 e. The molecule has 1 aliphatic rings. The van der Waals surface area contributed by atoms with Crippen molar-refractivity contribution in [1.29, 1.82) is 0 Å². The molecule has 168 valence electrons. The Morgan fingerprint density at radius 3 is 2.59 bits per heavy atom. The Balaban J connectivity index is 1.50. The number of para-hydroxylation sites is 1. The Bertz CT molecular complexity index is 1490. The third kappa shape index (κ3) is 4.16. The maximum atomic E-state index is 13.3. The second-order valence-electron chi connectivity index (χ2n) is 8.09. The molecule has 0 atom stereocenters. The maximum absolute atomic E-state index is 13.3. The van der Waals surface area contributed by atoms with Gasteiger partial charge in [0.05, 0.1) is 16.2 Å². The van der Waals surface area contributed by atoms with Crippen LogP contribution in [0, 0.1) is 6.92 Å². The molecule has 0 aliphatic carbocycles. The first kappa shape index (κ1) is 22.1. The van der Waals surface area contributed by atoms with E-state index in [0.717, 1.165) is 23.0 Å². The van der Waals surface area contributed by atoms with Gasteiger partial charge in [0.2, 0.25) is 0 Å². The van der Waals surface area contributed by atoms with Crippen LogP contribution < -0.4 is 4.90 Å². The van der Waals surface area contributed by atoms with Crippen LogP contribution in [0.25, 0.3) is 17.0 Å². The van der Waals surface area contributed by atoms with Crippen molar-refractivity contribution in [1.82, 2.24) is 4.57 Å². The number of anilines is 1. The van der Waals surface area contributed by atoms with Crippen LogP contribution in [0.5, 0.6) is 0 Å². The second-order valence-corrected chi connectivity index (χ2v) is 9.76. The molecule has 1 aliphatic heterocycles. The van der Waals surface area contributed by atoms with E-state index in [-0.39, 0.29) is 11.5 Å². The first-order valence-electron chi connectivity index (χ1n) is 10.7. The molecule has 34 heavy (non-hydrogen) atoms. The SMILES string of the molecule is Cc1ccc(Cn2cc(/C=C3/SC(=S)N(c4cccc(C(=O)O)c4)C3=O)c3ccccc32)cc1. The third-order valence-electron chi connectivity index (χ3n) is 5.72. The number of thioether (sulfide) groups is 1. The average molecular weight is 485 g/mol. The highest BCUT2D eigenvalue weighted by molar-refractivity contribution is 8.27. The second kappa shape index (κ2) is 8.93. The molecule has 5 rings (SSSR count). The van der Waals surface area contributed by atoms with E-state index in [0.29, 0.717) is 14.9 Å². The normalized spacial score (nSPS) is 15.0. The topological polar surface area (TPSA) is 62.5 Å². The van der Waals surface area contributed by atoms with E-state index in [9.17, 15) is 14.7 Å². The lowest BCUT2D eigenvalue weighted by Gasteiger charge is -2.14. The molecular weight excluding hydrogens is 464 g/mol. The molecule has 0 spiro atoms. The number of aromatic nitrogens is 1. The van der Waals surface area contributed by atoms with Crippen LogP contribution in [-0.4, -0.2) is 25.9 Å². The number of nitrogens with zero attached hydrogens (tertiary/aromatic N) is 2. The molecule has 2 heterocycles. The number of thiocarbonyl (C=S) groups is 1. The average Bonchev–Trinajstić information content (AvgIpc) is 3.31. The van der Waals surface area contributed by atoms with Crippen molar-refractivity contribution in [2.45, 2.75) is 13.5 Å². The molecule has 0 bridgehead atoms. The summed E-state index contributed by atoms with van der Waals surface area (Å²) in [6.45, 7) is 2.79. The molecule has 7 heteroatoms. The highest BCUT2D eigenvalue weighted by Gasteiger charge is 2.33. The minimum Gasteiger partial charge on any atom is -0.478 e. The van der Waals surface area contributed by atoms with Gasteiger partial charge in [-0.25, -0.2) is 4.79 Å². The van der Waals surface area contributed by atoms with Gasteiger partial charge < -0.3 is 9.67 Å². The number of hydrogen-bond acceptors (Lipinski definition) is 4. The number of carbonyl (C=O) groups is 2. The minimum absolute atomic E-state index is 0.106. The van der Waals surface area contributed by atoms with E-state index in [1.54, 1.807) is 12.1 Å². The number of carboxylic acids is 1. The number of aromatic carboxylic acids is 1. The van der Waals surface area contributed by atoms with Crippen molar-refractivity contribution in [2.75, 3.05) is 4.90 Å². The minimum atomic E-state index is -1.05. The van der Waals surface area contributed by atoms with Crippen molar-refractivity contribution in [3.63, 3.8) is 0 Å². The Labute approximate surface area is 206 Å². The highest BCUT2D eigenvalue weighted by Crippen LogP contribution is 2.37. The fourth-order valence-corrected chi connectivity index (χ4v) is 5.31. The van der Waals surface area contributed by atoms with Gasteiger partial charge >= 0.3 is 5.97 Å². The lowest BCUT2D eigenvalue weighted by molar-refractivity contribution is -0.113. The van der Waals surface area contributed by atoms with Gasteiger partial charge in [-0.05, 0) is 42.8 Å². The van der Waals surface area contributed by atoms with Gasteiger partial charge in [-0.1, -0.05) is 78.1 Å². The van der Waals surface area contributed by atoms with Crippen molar-refractivity contribution in [3.8, 4) is 0 Å². The van der Waals surface area contributed by atoms with Crippen LogP contribution in [0.15, 0.2) is 83.9 Å². The van der Waals surface area contributed by atoms with Gasteiger partial charge in [0.1, 0.15) is 0 Å². The van der Waals surface area contributed by atoms with Crippen LogP contribution in [0.2, 0.25) is 0 Å². The smallest absolute Gasteiger partial charge is 0.335 e.